The fourth-order valence-corrected chi connectivity index (χ4v) is 4.98. The second kappa shape index (κ2) is 6.65. The van der Waals surface area contributed by atoms with Crippen molar-refractivity contribution in [3.63, 3.8) is 0 Å². The molecular weight excluding hydrogens is 392 g/mol. The average Bonchev–Trinajstić information content (AvgIpc) is 3.54. The van der Waals surface area contributed by atoms with Gasteiger partial charge in [-0.25, -0.2) is 9.97 Å². The van der Waals surface area contributed by atoms with E-state index in [2.05, 4.69) is 20.9 Å². The number of aromatic amines is 1. The Morgan fingerprint density at radius 1 is 1.23 bits per heavy atom. The first-order valence-corrected chi connectivity index (χ1v) is 10.4. The molecule has 8 heteroatoms. The summed E-state index contributed by atoms with van der Waals surface area (Å²) < 4.78 is 7.22. The van der Waals surface area contributed by atoms with Gasteiger partial charge in [-0.1, -0.05) is 6.07 Å². The number of H-pyrrole nitrogens is 1. The molecule has 1 N–H and O–H groups in total. The third-order valence-corrected chi connectivity index (χ3v) is 6.61. The van der Waals surface area contributed by atoms with E-state index in [4.69, 9.17) is 9.72 Å². The third kappa shape index (κ3) is 2.74. The molecule has 2 fully saturated rings. The number of benzene rings is 1. The Morgan fingerprint density at radius 2 is 2.16 bits per heavy atom. The molecule has 2 saturated heterocycles. The van der Waals surface area contributed by atoms with Crippen LogP contribution in [0.1, 0.15) is 18.4 Å². The molecular formula is C23H20N6O2. The number of rotatable bonds is 2. The lowest BCUT2D eigenvalue weighted by atomic mass is 9.87. The van der Waals surface area contributed by atoms with Crippen molar-refractivity contribution >= 4 is 27.8 Å². The molecule has 4 aromatic rings. The molecule has 0 aliphatic carbocycles. The number of nitrogens with zero attached hydrogens (tertiary/aromatic N) is 5. The van der Waals surface area contributed by atoms with Crippen LogP contribution in [0.3, 0.4) is 0 Å². The van der Waals surface area contributed by atoms with Crippen molar-refractivity contribution in [2.45, 2.75) is 12.8 Å². The Kier molecular flexibility index (Phi) is 3.88. The first kappa shape index (κ1) is 18.1. The summed E-state index contributed by atoms with van der Waals surface area (Å²) in [5.74, 6) is 0.927. The SMILES string of the molecule is N#Cc1c[nH]c2ncc(=O)n(-c3ccc4ccnc(N5CCC6(CCOC6)C5)c4c3)c12. The van der Waals surface area contributed by atoms with Gasteiger partial charge in [0.15, 0.2) is 5.65 Å². The Labute approximate surface area is 177 Å². The lowest BCUT2D eigenvalue weighted by molar-refractivity contribution is 0.160. The fourth-order valence-electron chi connectivity index (χ4n) is 4.98. The van der Waals surface area contributed by atoms with Crippen LogP contribution in [0, 0.1) is 16.7 Å². The lowest BCUT2D eigenvalue weighted by Gasteiger charge is -2.23. The van der Waals surface area contributed by atoms with Gasteiger partial charge < -0.3 is 14.6 Å². The zero-order chi connectivity index (χ0) is 21.0. The van der Waals surface area contributed by atoms with Crippen LogP contribution in [0.25, 0.3) is 27.6 Å². The van der Waals surface area contributed by atoms with Gasteiger partial charge in [-0.3, -0.25) is 9.36 Å². The largest absolute Gasteiger partial charge is 0.381 e. The van der Waals surface area contributed by atoms with E-state index < -0.39 is 0 Å². The van der Waals surface area contributed by atoms with Gasteiger partial charge >= 0.3 is 0 Å². The van der Waals surface area contributed by atoms with Crippen LogP contribution in [-0.4, -0.2) is 45.8 Å². The van der Waals surface area contributed by atoms with Gasteiger partial charge in [-0.15, -0.1) is 0 Å². The normalized spacial score (nSPS) is 20.8. The van der Waals surface area contributed by atoms with Crippen molar-refractivity contribution in [3.05, 3.63) is 58.8 Å². The smallest absolute Gasteiger partial charge is 0.274 e. The minimum atomic E-state index is -0.281. The van der Waals surface area contributed by atoms with Crippen LogP contribution in [0.15, 0.2) is 47.7 Å². The highest BCUT2D eigenvalue weighted by Gasteiger charge is 2.42. The molecule has 3 aromatic heterocycles. The van der Waals surface area contributed by atoms with Gasteiger partial charge in [0.05, 0.1) is 24.1 Å². The predicted octanol–water partition coefficient (Wildman–Crippen LogP) is 2.75. The van der Waals surface area contributed by atoms with Crippen LogP contribution < -0.4 is 10.5 Å². The molecule has 0 bridgehead atoms. The Bertz CT molecular complexity index is 1420. The highest BCUT2D eigenvalue weighted by Crippen LogP contribution is 2.41. The van der Waals surface area contributed by atoms with E-state index >= 15 is 0 Å². The van der Waals surface area contributed by atoms with Crippen LogP contribution in [0.2, 0.25) is 0 Å². The van der Waals surface area contributed by atoms with Crippen molar-refractivity contribution in [2.75, 3.05) is 31.2 Å². The number of hydrogen-bond donors (Lipinski definition) is 1. The van der Waals surface area contributed by atoms with Crippen LogP contribution in [0.4, 0.5) is 5.82 Å². The van der Waals surface area contributed by atoms with E-state index in [0.717, 1.165) is 55.7 Å². The lowest BCUT2D eigenvalue weighted by Crippen LogP contribution is -2.28. The molecule has 8 nitrogen and oxygen atoms in total. The predicted molar refractivity (Wildman–Crippen MR) is 116 cm³/mol. The standard InChI is InChI=1S/C23H20N6O2/c24-10-16-11-26-21-20(16)29(19(30)12-27-21)17-2-1-15-3-6-25-22(18(15)9-17)28-7-4-23(13-28)5-8-31-14-23/h1-3,6,9,11-12,26H,4-5,7-8,13-14H2. The molecule has 1 unspecified atom stereocenters. The number of nitrogens with one attached hydrogen (secondary N) is 1. The molecule has 31 heavy (non-hydrogen) atoms. The highest BCUT2D eigenvalue weighted by atomic mass is 16.5. The average molecular weight is 412 g/mol. The maximum Gasteiger partial charge on any atom is 0.274 e. The van der Waals surface area contributed by atoms with Crippen molar-refractivity contribution in [1.82, 2.24) is 19.5 Å². The van der Waals surface area contributed by atoms with Gasteiger partial charge in [-0.05, 0) is 36.4 Å². The molecule has 0 radical (unpaired) electrons. The summed E-state index contributed by atoms with van der Waals surface area (Å²) in [5, 5.41) is 11.6. The zero-order valence-electron chi connectivity index (χ0n) is 16.8. The van der Waals surface area contributed by atoms with Gasteiger partial charge in [0.25, 0.3) is 5.56 Å². The molecule has 2 aliphatic heterocycles. The molecule has 5 heterocycles. The Morgan fingerprint density at radius 3 is 3.00 bits per heavy atom. The minimum Gasteiger partial charge on any atom is -0.381 e. The summed E-state index contributed by atoms with van der Waals surface area (Å²) in [6, 6.07) is 10.0. The Balaban J connectivity index is 1.52. The zero-order valence-corrected chi connectivity index (χ0v) is 16.8. The van der Waals surface area contributed by atoms with E-state index in [1.54, 1.807) is 10.8 Å². The summed E-state index contributed by atoms with van der Waals surface area (Å²) >= 11 is 0. The number of anilines is 1. The topological polar surface area (TPSA) is 99.8 Å². The van der Waals surface area contributed by atoms with E-state index in [1.165, 1.54) is 6.20 Å². The number of ether oxygens (including phenoxy) is 1. The fraction of sp³-hybridized carbons (Fsp3) is 0.304. The molecule has 1 aromatic carbocycles. The third-order valence-electron chi connectivity index (χ3n) is 6.61. The molecule has 154 valence electrons. The second-order valence-corrected chi connectivity index (χ2v) is 8.46. The van der Waals surface area contributed by atoms with Gasteiger partial charge in [0.2, 0.25) is 0 Å². The van der Waals surface area contributed by atoms with E-state index in [0.29, 0.717) is 22.4 Å². The summed E-state index contributed by atoms with van der Waals surface area (Å²) in [4.78, 5) is 27.0. The summed E-state index contributed by atoms with van der Waals surface area (Å²) in [6.07, 6.45) is 6.89. The molecule has 1 atom stereocenters. The van der Waals surface area contributed by atoms with Crippen molar-refractivity contribution < 1.29 is 4.74 Å². The number of hydrogen-bond acceptors (Lipinski definition) is 6. The van der Waals surface area contributed by atoms with Gasteiger partial charge in [-0.2, -0.15) is 5.26 Å². The minimum absolute atomic E-state index is 0.225. The molecule has 6 rings (SSSR count). The van der Waals surface area contributed by atoms with Crippen molar-refractivity contribution in [2.24, 2.45) is 5.41 Å². The monoisotopic (exact) mass is 412 g/mol. The van der Waals surface area contributed by atoms with Gasteiger partial charge in [0.1, 0.15) is 17.4 Å². The van der Waals surface area contributed by atoms with Crippen LogP contribution in [0.5, 0.6) is 0 Å². The van der Waals surface area contributed by atoms with E-state index in [1.807, 2.05) is 30.5 Å². The number of pyridine rings is 1. The maximum atomic E-state index is 12.8. The molecule has 0 saturated carbocycles. The van der Waals surface area contributed by atoms with E-state index in [-0.39, 0.29) is 11.0 Å². The maximum absolute atomic E-state index is 12.8. The molecule has 0 amide bonds. The molecule has 2 aliphatic rings. The molecule has 1 spiro atoms. The summed E-state index contributed by atoms with van der Waals surface area (Å²) in [7, 11) is 0. The van der Waals surface area contributed by atoms with Gasteiger partial charge in [0, 0.05) is 42.9 Å². The first-order valence-electron chi connectivity index (χ1n) is 10.4. The number of aromatic nitrogens is 4. The van der Waals surface area contributed by atoms with E-state index in [9.17, 15) is 10.1 Å². The van der Waals surface area contributed by atoms with Crippen LogP contribution >= 0.6 is 0 Å². The second-order valence-electron chi connectivity index (χ2n) is 8.46. The van der Waals surface area contributed by atoms with Crippen LogP contribution in [-0.2, 0) is 4.74 Å². The Hall–Kier alpha value is -3.70. The highest BCUT2D eigenvalue weighted by molar-refractivity contribution is 5.94. The quantitative estimate of drug-likeness (QED) is 0.543. The number of nitriles is 1. The summed E-state index contributed by atoms with van der Waals surface area (Å²) in [5.41, 5.74) is 2.01. The van der Waals surface area contributed by atoms with Crippen molar-refractivity contribution in [3.8, 4) is 11.8 Å². The summed E-state index contributed by atoms with van der Waals surface area (Å²) in [6.45, 7) is 3.52. The van der Waals surface area contributed by atoms with Crippen molar-refractivity contribution in [1.29, 1.82) is 5.26 Å². The first-order chi connectivity index (χ1) is 15.2. The number of fused-ring (bicyclic) bond motifs is 2.